The Labute approximate surface area is 177 Å². The normalized spacial score (nSPS) is 24.8. The third kappa shape index (κ3) is 2.60. The molecule has 0 bridgehead atoms. The van der Waals surface area contributed by atoms with Gasteiger partial charge < -0.3 is 0 Å². The number of fused-ring (bicyclic) bond motifs is 4. The van der Waals surface area contributed by atoms with Gasteiger partial charge in [-0.15, -0.1) is 0 Å². The van der Waals surface area contributed by atoms with Crippen molar-refractivity contribution >= 4 is 66.3 Å². The molecule has 0 nitrogen and oxygen atoms in total. The summed E-state index contributed by atoms with van der Waals surface area (Å²) in [5.74, 6) is 0.130. The second-order valence-corrected chi connectivity index (χ2v) is 36.3. The minimum absolute atomic E-state index is 0.0328. The third-order valence-corrected chi connectivity index (χ3v) is 24.4. The van der Waals surface area contributed by atoms with Gasteiger partial charge in [0, 0.05) is 0 Å². The first-order valence-corrected chi connectivity index (χ1v) is 22.7. The quantitative estimate of drug-likeness (QED) is 0.363. The average Bonchev–Trinajstić information content (AvgIpc) is 3.25. The van der Waals surface area contributed by atoms with Crippen molar-refractivity contribution in [1.29, 1.82) is 0 Å². The summed E-state index contributed by atoms with van der Waals surface area (Å²) in [4.78, 5) is 1.29. The van der Waals surface area contributed by atoms with E-state index in [4.69, 9.17) is 26.4 Å². The van der Waals surface area contributed by atoms with Crippen LogP contribution in [-0.4, -0.2) is 0 Å². The van der Waals surface area contributed by atoms with Gasteiger partial charge in [0.1, 0.15) is 0 Å². The number of benzene rings is 2. The monoisotopic (exact) mass is 557 g/mol. The van der Waals surface area contributed by atoms with Crippen LogP contribution in [0.3, 0.4) is 0 Å². The molecule has 1 heterocycles. The molecule has 2 aliphatic carbocycles. The zero-order valence-corrected chi connectivity index (χ0v) is 20.8. The number of halogens is 3. The van der Waals surface area contributed by atoms with Crippen molar-refractivity contribution < 1.29 is 14.9 Å². The Morgan fingerprint density at radius 1 is 0.962 bits per heavy atom. The molecule has 26 heavy (non-hydrogen) atoms. The summed E-state index contributed by atoms with van der Waals surface area (Å²) < 4.78 is 2.13. The Balaban J connectivity index is 1.68. The van der Waals surface area contributed by atoms with Crippen molar-refractivity contribution in [3.63, 3.8) is 0 Å². The Bertz CT molecular complexity index is 1050. The van der Waals surface area contributed by atoms with Crippen molar-refractivity contribution in [2.45, 2.75) is 9.54 Å². The number of thioether (sulfide) groups is 1. The van der Waals surface area contributed by atoms with Crippen LogP contribution in [0.1, 0.15) is 31.8 Å². The molecule has 2 unspecified atom stereocenters. The van der Waals surface area contributed by atoms with Crippen molar-refractivity contribution in [1.82, 2.24) is 0 Å². The number of rotatable bonds is 2. The standard InChI is InChI=1S/C11H6BrS.C9H7.2ClH.H2S.Zr/c12-11-6-9-8-4-2-1-3-7(8)5-10(9)13-11;1-2-5-9-7-3-6-8(9)4-1;;;;/h1-5,9H;1-7H;2*1H;1H2;/q;;;;;+3/p-3. The van der Waals surface area contributed by atoms with Gasteiger partial charge >= 0.3 is 180 Å². The van der Waals surface area contributed by atoms with Crippen LogP contribution in [-0.2, 0) is 14.9 Å². The molecular formula is C20H14BrCl2S2Zr. The third-order valence-electron chi connectivity index (χ3n) is 5.41. The fraction of sp³-hybridized carbons (Fsp3) is 0.100. The summed E-state index contributed by atoms with van der Waals surface area (Å²) in [5.41, 5.74) is 4.93. The molecule has 2 atom stereocenters. The first-order valence-electron chi connectivity index (χ1n) is 8.33. The van der Waals surface area contributed by atoms with Gasteiger partial charge in [-0.1, -0.05) is 0 Å². The fourth-order valence-electron chi connectivity index (χ4n) is 4.23. The molecule has 0 amide bonds. The molecule has 0 aromatic heterocycles. The Morgan fingerprint density at radius 3 is 2.38 bits per heavy atom. The molecule has 6 heteroatoms. The summed E-state index contributed by atoms with van der Waals surface area (Å²) in [6.45, 7) is 0. The van der Waals surface area contributed by atoms with Gasteiger partial charge in [0.15, 0.2) is 0 Å². The van der Waals surface area contributed by atoms with Gasteiger partial charge in [-0.2, -0.15) is 0 Å². The molecule has 2 aromatic rings. The maximum atomic E-state index is 7.42. The average molecular weight is 561 g/mol. The molecular weight excluding hydrogens is 546 g/mol. The van der Waals surface area contributed by atoms with Crippen molar-refractivity contribution in [3.8, 4) is 0 Å². The van der Waals surface area contributed by atoms with Crippen LogP contribution in [0, 0.1) is 0 Å². The number of hydrogen-bond acceptors (Lipinski definition) is 2. The summed E-state index contributed by atoms with van der Waals surface area (Å²) in [6.07, 6.45) is 6.54. The van der Waals surface area contributed by atoms with Crippen LogP contribution in [0.5, 0.6) is 0 Å². The zero-order chi connectivity index (χ0) is 18.1. The molecule has 131 valence electrons. The van der Waals surface area contributed by atoms with E-state index in [1.54, 1.807) is 11.8 Å². The Morgan fingerprint density at radius 2 is 1.62 bits per heavy atom. The summed E-state index contributed by atoms with van der Waals surface area (Å²) in [7, 11) is 20.0. The molecule has 0 radical (unpaired) electrons. The maximum absolute atomic E-state index is 7.42. The Kier molecular flexibility index (Phi) is 4.34. The second-order valence-electron chi connectivity index (χ2n) is 6.90. The number of hydrogen-bond donors (Lipinski definition) is 1. The van der Waals surface area contributed by atoms with Crippen LogP contribution in [0.2, 0.25) is 0 Å². The summed E-state index contributed by atoms with van der Waals surface area (Å²) >= 11 is 0.849. The molecule has 0 fully saturated rings. The minimum atomic E-state index is -4.67. The Hall–Kier alpha value is 0.303. The van der Waals surface area contributed by atoms with E-state index in [9.17, 15) is 0 Å². The van der Waals surface area contributed by atoms with Crippen LogP contribution < -0.4 is 0 Å². The second kappa shape index (κ2) is 6.15. The van der Waals surface area contributed by atoms with Gasteiger partial charge in [-0.05, 0) is 0 Å². The zero-order valence-electron chi connectivity index (χ0n) is 13.5. The molecule has 0 spiro atoms. The van der Waals surface area contributed by atoms with Crippen LogP contribution in [0.15, 0.2) is 66.6 Å². The predicted octanol–water partition coefficient (Wildman–Crippen LogP) is 8.05. The van der Waals surface area contributed by atoms with Gasteiger partial charge in [-0.3, -0.25) is 0 Å². The van der Waals surface area contributed by atoms with E-state index in [0.717, 1.165) is 7.10 Å². The van der Waals surface area contributed by atoms with Gasteiger partial charge in [0.05, 0.1) is 0 Å². The van der Waals surface area contributed by atoms with Gasteiger partial charge in [0.25, 0.3) is 0 Å². The molecule has 5 rings (SSSR count). The van der Waals surface area contributed by atoms with E-state index in [0.29, 0.717) is 0 Å². The van der Waals surface area contributed by atoms with Crippen LogP contribution in [0.4, 0.5) is 0 Å². The van der Waals surface area contributed by atoms with Gasteiger partial charge in [-0.25, -0.2) is 0 Å². The van der Waals surface area contributed by atoms with E-state index >= 15 is 0 Å². The van der Waals surface area contributed by atoms with E-state index in [1.165, 1.54) is 27.2 Å². The predicted molar refractivity (Wildman–Crippen MR) is 120 cm³/mol. The molecule has 0 N–H and O–H groups in total. The SMILES string of the molecule is [SH][Zr]([Cl])([Cl])([C]1=C(Br)SC2=Cc3ccccc3C21)[CH]1C=Cc2ccccc21. The molecule has 1 aliphatic heterocycles. The van der Waals surface area contributed by atoms with Crippen molar-refractivity contribution in [2.75, 3.05) is 0 Å². The van der Waals surface area contributed by atoms with Crippen molar-refractivity contribution in [2.24, 2.45) is 0 Å². The summed E-state index contributed by atoms with van der Waals surface area (Å²) in [5, 5.41) is 0. The van der Waals surface area contributed by atoms with E-state index in [2.05, 4.69) is 76.6 Å². The van der Waals surface area contributed by atoms with Crippen LogP contribution >= 0.6 is 54.1 Å². The molecule has 2 aromatic carbocycles. The van der Waals surface area contributed by atoms with E-state index < -0.39 is 14.9 Å². The van der Waals surface area contributed by atoms with Crippen molar-refractivity contribution in [3.05, 3.63) is 88.9 Å². The first-order chi connectivity index (χ1) is 12.4. The van der Waals surface area contributed by atoms with E-state index in [-0.39, 0.29) is 9.54 Å². The molecule has 0 saturated carbocycles. The van der Waals surface area contributed by atoms with Crippen LogP contribution in [0.25, 0.3) is 12.2 Å². The number of allylic oxidation sites excluding steroid dienone is 3. The number of thiol groups is 1. The molecule has 3 aliphatic rings. The van der Waals surface area contributed by atoms with E-state index in [1.807, 2.05) is 6.07 Å². The molecule has 0 saturated heterocycles. The summed E-state index contributed by atoms with van der Waals surface area (Å²) in [6, 6.07) is 16.8. The first kappa shape index (κ1) is 18.3. The fourth-order valence-corrected chi connectivity index (χ4v) is 27.8. The van der Waals surface area contributed by atoms with Gasteiger partial charge in [0.2, 0.25) is 0 Å². The topological polar surface area (TPSA) is 0 Å².